The number of carbonyl (C=O) groups excluding carboxylic acids is 2. The van der Waals surface area contributed by atoms with Gasteiger partial charge in [-0.15, -0.1) is 0 Å². The van der Waals surface area contributed by atoms with Crippen molar-refractivity contribution in [3.05, 3.63) is 83.6 Å². The molecule has 1 N–H and O–H groups in total. The van der Waals surface area contributed by atoms with Crippen molar-refractivity contribution >= 4 is 29.1 Å². The van der Waals surface area contributed by atoms with Crippen molar-refractivity contribution in [1.29, 1.82) is 0 Å². The lowest BCUT2D eigenvalue weighted by molar-refractivity contribution is -0.117. The maximum absolute atomic E-state index is 12.8. The molecule has 8 heteroatoms. The molecule has 4 rings (SSSR count). The van der Waals surface area contributed by atoms with Gasteiger partial charge in [0.2, 0.25) is 5.91 Å². The van der Waals surface area contributed by atoms with Crippen molar-refractivity contribution in [2.45, 2.75) is 0 Å². The SMILES string of the molecule is O=C(CN1CCN(C(=O)c2ccc(Oc3cccnc3)cc2)CC1)Nc1ccccc1Cl. The molecule has 1 aliphatic rings. The van der Waals surface area contributed by atoms with Crippen LogP contribution in [0.3, 0.4) is 0 Å². The molecule has 7 nitrogen and oxygen atoms in total. The van der Waals surface area contributed by atoms with Gasteiger partial charge in [0, 0.05) is 37.9 Å². The number of nitrogens with one attached hydrogen (secondary N) is 1. The first-order valence-corrected chi connectivity index (χ1v) is 10.7. The number of carbonyl (C=O) groups is 2. The van der Waals surface area contributed by atoms with Crippen molar-refractivity contribution in [2.24, 2.45) is 0 Å². The van der Waals surface area contributed by atoms with Crippen LogP contribution in [0.15, 0.2) is 73.1 Å². The predicted octanol–water partition coefficient (Wildman–Crippen LogP) is 3.92. The Morgan fingerprint density at radius 3 is 2.38 bits per heavy atom. The molecule has 1 aromatic heterocycles. The van der Waals surface area contributed by atoms with Gasteiger partial charge in [-0.25, -0.2) is 0 Å². The molecule has 0 unspecified atom stereocenters. The minimum absolute atomic E-state index is 0.0295. The van der Waals surface area contributed by atoms with Crippen molar-refractivity contribution < 1.29 is 14.3 Å². The number of piperazine rings is 1. The molecule has 0 atom stereocenters. The van der Waals surface area contributed by atoms with E-state index in [1.54, 1.807) is 59.8 Å². The largest absolute Gasteiger partial charge is 0.456 e. The van der Waals surface area contributed by atoms with E-state index in [9.17, 15) is 9.59 Å². The van der Waals surface area contributed by atoms with E-state index < -0.39 is 0 Å². The van der Waals surface area contributed by atoms with E-state index in [1.165, 1.54) is 0 Å². The van der Waals surface area contributed by atoms with E-state index in [4.69, 9.17) is 16.3 Å². The Balaban J connectivity index is 1.26. The number of hydrogen-bond donors (Lipinski definition) is 1. The van der Waals surface area contributed by atoms with Crippen LogP contribution in [0.2, 0.25) is 5.02 Å². The summed E-state index contributed by atoms with van der Waals surface area (Å²) >= 11 is 6.09. The molecule has 0 spiro atoms. The summed E-state index contributed by atoms with van der Waals surface area (Å²) in [7, 11) is 0. The van der Waals surface area contributed by atoms with Crippen LogP contribution < -0.4 is 10.1 Å². The first-order valence-electron chi connectivity index (χ1n) is 10.3. The summed E-state index contributed by atoms with van der Waals surface area (Å²) in [5.41, 5.74) is 1.21. The molecule has 0 bridgehead atoms. The molecule has 0 saturated carbocycles. The van der Waals surface area contributed by atoms with Crippen LogP contribution in [0.4, 0.5) is 5.69 Å². The summed E-state index contributed by atoms with van der Waals surface area (Å²) in [5.74, 6) is 1.13. The lowest BCUT2D eigenvalue weighted by Gasteiger charge is -2.34. The van der Waals surface area contributed by atoms with Gasteiger partial charge in [0.15, 0.2) is 0 Å². The summed E-state index contributed by atoms with van der Waals surface area (Å²) in [5, 5.41) is 3.34. The number of pyridine rings is 1. The van der Waals surface area contributed by atoms with Crippen LogP contribution in [-0.4, -0.2) is 59.3 Å². The normalized spacial score (nSPS) is 14.1. The Hall–Kier alpha value is -3.42. The van der Waals surface area contributed by atoms with Crippen molar-refractivity contribution in [3.63, 3.8) is 0 Å². The van der Waals surface area contributed by atoms with Crippen molar-refractivity contribution in [3.8, 4) is 11.5 Å². The molecule has 164 valence electrons. The van der Waals surface area contributed by atoms with Gasteiger partial charge in [-0.3, -0.25) is 19.5 Å². The number of para-hydroxylation sites is 1. The number of halogens is 1. The number of hydrogen-bond acceptors (Lipinski definition) is 5. The molecule has 32 heavy (non-hydrogen) atoms. The van der Waals surface area contributed by atoms with E-state index in [2.05, 4.69) is 10.3 Å². The maximum Gasteiger partial charge on any atom is 0.253 e. The fourth-order valence-electron chi connectivity index (χ4n) is 3.46. The molecule has 0 aliphatic carbocycles. The van der Waals surface area contributed by atoms with Gasteiger partial charge in [0.05, 0.1) is 23.5 Å². The molecule has 2 amide bonds. The highest BCUT2D eigenvalue weighted by atomic mass is 35.5. The molecule has 2 heterocycles. The number of aromatic nitrogens is 1. The van der Waals surface area contributed by atoms with Gasteiger partial charge in [-0.05, 0) is 48.5 Å². The van der Waals surface area contributed by atoms with Gasteiger partial charge >= 0.3 is 0 Å². The third kappa shape index (κ3) is 5.63. The molecule has 1 saturated heterocycles. The molecular weight excluding hydrogens is 428 g/mol. The zero-order valence-corrected chi connectivity index (χ0v) is 18.2. The first-order chi connectivity index (χ1) is 15.6. The van der Waals surface area contributed by atoms with Crippen LogP contribution in [0.25, 0.3) is 0 Å². The topological polar surface area (TPSA) is 74.8 Å². The van der Waals surface area contributed by atoms with E-state index in [-0.39, 0.29) is 18.4 Å². The van der Waals surface area contributed by atoms with E-state index in [0.717, 1.165) is 0 Å². The molecule has 3 aromatic rings. The second kappa shape index (κ2) is 10.3. The Kier molecular flexibility index (Phi) is 6.99. The number of rotatable bonds is 6. The molecule has 1 aliphatic heterocycles. The zero-order valence-electron chi connectivity index (χ0n) is 17.4. The van der Waals surface area contributed by atoms with Crippen LogP contribution in [-0.2, 0) is 4.79 Å². The highest BCUT2D eigenvalue weighted by Crippen LogP contribution is 2.22. The summed E-state index contributed by atoms with van der Waals surface area (Å²) in [4.78, 5) is 33.0. The zero-order chi connectivity index (χ0) is 22.3. The van der Waals surface area contributed by atoms with Crippen LogP contribution in [0, 0.1) is 0 Å². The van der Waals surface area contributed by atoms with Gasteiger partial charge in [0.25, 0.3) is 5.91 Å². The minimum Gasteiger partial charge on any atom is -0.456 e. The monoisotopic (exact) mass is 450 g/mol. The standard InChI is InChI=1S/C24H23ClN4O3/c25-21-5-1-2-6-22(21)27-23(30)17-28-12-14-29(15-13-28)24(31)18-7-9-19(10-8-18)32-20-4-3-11-26-16-20/h1-11,16H,12-15,17H2,(H,27,30). The summed E-state index contributed by atoms with van der Waals surface area (Å²) < 4.78 is 5.72. The maximum atomic E-state index is 12.8. The Labute approximate surface area is 191 Å². The highest BCUT2D eigenvalue weighted by Gasteiger charge is 2.23. The van der Waals surface area contributed by atoms with E-state index in [1.807, 2.05) is 23.1 Å². The highest BCUT2D eigenvalue weighted by molar-refractivity contribution is 6.33. The number of anilines is 1. The average molecular weight is 451 g/mol. The minimum atomic E-state index is -0.123. The lowest BCUT2D eigenvalue weighted by atomic mass is 10.1. The van der Waals surface area contributed by atoms with Crippen LogP contribution in [0.1, 0.15) is 10.4 Å². The summed E-state index contributed by atoms with van der Waals surface area (Å²) in [6, 6.07) is 17.8. The number of nitrogens with zero attached hydrogens (tertiary/aromatic N) is 3. The summed E-state index contributed by atoms with van der Waals surface area (Å²) in [6.45, 7) is 2.64. The van der Waals surface area contributed by atoms with Gasteiger partial charge in [-0.2, -0.15) is 0 Å². The number of ether oxygens (including phenoxy) is 1. The molecule has 2 aromatic carbocycles. The first kappa shape index (κ1) is 21.8. The third-order valence-electron chi connectivity index (χ3n) is 5.15. The molecule has 0 radical (unpaired) electrons. The number of benzene rings is 2. The Morgan fingerprint density at radius 2 is 1.69 bits per heavy atom. The van der Waals surface area contributed by atoms with Crippen molar-refractivity contribution in [1.82, 2.24) is 14.8 Å². The second-order valence-corrected chi connectivity index (χ2v) is 7.82. The quantitative estimate of drug-likeness (QED) is 0.616. The summed E-state index contributed by atoms with van der Waals surface area (Å²) in [6.07, 6.45) is 3.31. The van der Waals surface area contributed by atoms with Crippen LogP contribution in [0.5, 0.6) is 11.5 Å². The smallest absolute Gasteiger partial charge is 0.253 e. The van der Waals surface area contributed by atoms with E-state index >= 15 is 0 Å². The third-order valence-corrected chi connectivity index (χ3v) is 5.48. The van der Waals surface area contributed by atoms with Crippen LogP contribution >= 0.6 is 11.6 Å². The van der Waals surface area contributed by atoms with Crippen molar-refractivity contribution in [2.75, 3.05) is 38.0 Å². The van der Waals surface area contributed by atoms with Gasteiger partial charge in [0.1, 0.15) is 11.5 Å². The Bertz CT molecular complexity index is 1070. The second-order valence-electron chi connectivity index (χ2n) is 7.41. The predicted molar refractivity (Wildman–Crippen MR) is 123 cm³/mol. The Morgan fingerprint density at radius 1 is 0.938 bits per heavy atom. The lowest BCUT2D eigenvalue weighted by Crippen LogP contribution is -2.50. The molecular formula is C24H23ClN4O3. The van der Waals surface area contributed by atoms with E-state index in [0.29, 0.717) is 54.0 Å². The fourth-order valence-corrected chi connectivity index (χ4v) is 3.64. The number of amides is 2. The fraction of sp³-hybridized carbons (Fsp3) is 0.208. The average Bonchev–Trinajstić information content (AvgIpc) is 2.82. The van der Waals surface area contributed by atoms with Gasteiger partial charge < -0.3 is 15.0 Å². The molecule has 1 fully saturated rings. The van der Waals surface area contributed by atoms with Gasteiger partial charge in [-0.1, -0.05) is 23.7 Å².